The second kappa shape index (κ2) is 7.66. The van der Waals surface area contributed by atoms with E-state index in [4.69, 9.17) is 0 Å². The molecule has 0 spiro atoms. The molecule has 0 atom stereocenters. The molecule has 1 aromatic carbocycles. The van der Waals surface area contributed by atoms with Crippen LogP contribution in [0, 0.1) is 41.2 Å². The predicted molar refractivity (Wildman–Crippen MR) is 63.6 cm³/mol. The van der Waals surface area contributed by atoms with Gasteiger partial charge in [-0.3, -0.25) is 0 Å². The normalized spacial score (nSPS) is 7.69. The van der Waals surface area contributed by atoms with Crippen LogP contribution in [0.2, 0.25) is 0 Å². The van der Waals surface area contributed by atoms with Crippen LogP contribution in [0.4, 0.5) is 0 Å². The minimum Gasteiger partial charge on any atom is -0.358 e. The first-order valence-corrected chi connectivity index (χ1v) is 3.58. The van der Waals surface area contributed by atoms with Gasteiger partial charge in [-0.1, -0.05) is 27.7 Å². The molecule has 0 aliphatic heterocycles. The fourth-order valence-electron chi connectivity index (χ4n) is 1.01. The molecule has 0 fully saturated rings. The molecule has 0 aromatic heterocycles. The van der Waals surface area contributed by atoms with E-state index in [1.165, 1.54) is 22.3 Å². The third-order valence-electron chi connectivity index (χ3n) is 2.22. The maximum Gasteiger partial charge on any atom is 2.00 e. The SMILES string of the molecule is Cc1[c-]cc(C)c(C)c1C.Cl.[CH3-].[Mg+2]. The van der Waals surface area contributed by atoms with Gasteiger partial charge >= 0.3 is 23.1 Å². The molecule has 0 unspecified atom stereocenters. The topological polar surface area (TPSA) is 0 Å². The minimum absolute atomic E-state index is 0. The van der Waals surface area contributed by atoms with Crippen molar-refractivity contribution in [1.82, 2.24) is 0 Å². The second-order valence-electron chi connectivity index (χ2n) is 2.85. The average molecular weight is 209 g/mol. The Labute approximate surface area is 105 Å². The van der Waals surface area contributed by atoms with Crippen LogP contribution in [0.5, 0.6) is 0 Å². The van der Waals surface area contributed by atoms with E-state index in [1.807, 2.05) is 0 Å². The summed E-state index contributed by atoms with van der Waals surface area (Å²) >= 11 is 0. The number of hydrogen-bond acceptors (Lipinski definition) is 0. The summed E-state index contributed by atoms with van der Waals surface area (Å²) in [6, 6.07) is 5.26. The van der Waals surface area contributed by atoms with E-state index < -0.39 is 0 Å². The first kappa shape index (κ1) is 18.9. The molecule has 1 rings (SSSR count). The fourth-order valence-corrected chi connectivity index (χ4v) is 1.01. The Morgan fingerprint density at radius 1 is 1.00 bits per heavy atom. The fraction of sp³-hybridized carbons (Fsp3) is 0.364. The van der Waals surface area contributed by atoms with Crippen LogP contribution < -0.4 is 0 Å². The van der Waals surface area contributed by atoms with Gasteiger partial charge in [-0.25, -0.2) is 0 Å². The van der Waals surface area contributed by atoms with Crippen molar-refractivity contribution < 1.29 is 0 Å². The Balaban J connectivity index is -0.000000333. The molecular weight excluding hydrogens is 192 g/mol. The van der Waals surface area contributed by atoms with Crippen LogP contribution >= 0.6 is 12.4 Å². The standard InChI is InChI=1S/C10H13.CH3.ClH.Mg/c1-7-5-6-8(2)10(4)9(7)3;;;/h5H,1-4H3;1H3;1H;/q2*-1;;+2. The Bertz CT molecular complexity index is 230. The van der Waals surface area contributed by atoms with Crippen LogP contribution in [0.25, 0.3) is 0 Å². The van der Waals surface area contributed by atoms with Gasteiger partial charge < -0.3 is 7.43 Å². The van der Waals surface area contributed by atoms with Gasteiger partial charge in [0.05, 0.1) is 0 Å². The Morgan fingerprint density at radius 2 is 1.46 bits per heavy atom. The van der Waals surface area contributed by atoms with Gasteiger partial charge in [0.25, 0.3) is 0 Å². The molecule has 0 aliphatic rings. The van der Waals surface area contributed by atoms with E-state index >= 15 is 0 Å². The van der Waals surface area contributed by atoms with Crippen molar-refractivity contribution in [2.24, 2.45) is 0 Å². The molecular formula is C11H17ClMg. The molecule has 0 nitrogen and oxygen atoms in total. The van der Waals surface area contributed by atoms with E-state index in [2.05, 4.69) is 39.8 Å². The number of hydrogen-bond donors (Lipinski definition) is 0. The van der Waals surface area contributed by atoms with Crippen LogP contribution in [0.3, 0.4) is 0 Å². The molecule has 0 amide bonds. The van der Waals surface area contributed by atoms with E-state index in [1.54, 1.807) is 0 Å². The number of benzene rings is 1. The molecule has 0 bridgehead atoms. The average Bonchev–Trinajstić information content (AvgIpc) is 1.93. The molecule has 0 radical (unpaired) electrons. The van der Waals surface area contributed by atoms with Crippen molar-refractivity contribution in [3.05, 3.63) is 41.8 Å². The van der Waals surface area contributed by atoms with Gasteiger partial charge in [0.2, 0.25) is 0 Å². The maximum absolute atomic E-state index is 3.21. The van der Waals surface area contributed by atoms with Gasteiger partial charge in [0.15, 0.2) is 0 Å². The quantitative estimate of drug-likeness (QED) is 0.454. The summed E-state index contributed by atoms with van der Waals surface area (Å²) in [6.45, 7) is 8.53. The summed E-state index contributed by atoms with van der Waals surface area (Å²) in [5, 5.41) is 0. The van der Waals surface area contributed by atoms with E-state index in [0.717, 1.165) is 0 Å². The van der Waals surface area contributed by atoms with Crippen LogP contribution in [-0.4, -0.2) is 23.1 Å². The molecule has 70 valence electrons. The summed E-state index contributed by atoms with van der Waals surface area (Å²) in [5.74, 6) is 0. The zero-order valence-electron chi connectivity index (χ0n) is 9.19. The summed E-state index contributed by atoms with van der Waals surface area (Å²) in [6.07, 6.45) is 0. The van der Waals surface area contributed by atoms with Crippen LogP contribution in [-0.2, 0) is 0 Å². The zero-order valence-corrected chi connectivity index (χ0v) is 11.4. The Morgan fingerprint density at radius 3 is 1.85 bits per heavy atom. The monoisotopic (exact) mass is 208 g/mol. The van der Waals surface area contributed by atoms with E-state index in [-0.39, 0.29) is 42.9 Å². The smallest absolute Gasteiger partial charge is 0.358 e. The van der Waals surface area contributed by atoms with Gasteiger partial charge in [0.1, 0.15) is 0 Å². The third-order valence-corrected chi connectivity index (χ3v) is 2.22. The predicted octanol–water partition coefficient (Wildman–Crippen LogP) is 3.21. The molecule has 1 aromatic rings. The minimum atomic E-state index is 0. The first-order valence-electron chi connectivity index (χ1n) is 3.58. The molecule has 0 heterocycles. The summed E-state index contributed by atoms with van der Waals surface area (Å²) in [4.78, 5) is 0. The Kier molecular flexibility index (Phi) is 11.2. The number of aryl methyl sites for hydroxylation is 2. The Hall–Kier alpha value is 0.276. The van der Waals surface area contributed by atoms with Crippen molar-refractivity contribution >= 4 is 35.5 Å². The number of halogens is 1. The van der Waals surface area contributed by atoms with Crippen molar-refractivity contribution in [3.8, 4) is 0 Å². The van der Waals surface area contributed by atoms with Crippen LogP contribution in [0.15, 0.2) is 6.07 Å². The molecule has 0 aliphatic carbocycles. The molecule has 0 saturated heterocycles. The van der Waals surface area contributed by atoms with Gasteiger partial charge in [0, 0.05) is 0 Å². The summed E-state index contributed by atoms with van der Waals surface area (Å²) in [5.41, 5.74) is 5.38. The van der Waals surface area contributed by atoms with Gasteiger partial charge in [-0.2, -0.15) is 34.4 Å². The second-order valence-corrected chi connectivity index (χ2v) is 2.85. The zero-order chi connectivity index (χ0) is 7.72. The largest absolute Gasteiger partial charge is 2.00 e. The van der Waals surface area contributed by atoms with Gasteiger partial charge in [-0.15, -0.1) is 12.4 Å². The molecule has 0 saturated carbocycles. The van der Waals surface area contributed by atoms with Gasteiger partial charge in [-0.05, 0) is 0 Å². The molecule has 13 heavy (non-hydrogen) atoms. The van der Waals surface area contributed by atoms with Crippen molar-refractivity contribution in [2.75, 3.05) is 0 Å². The van der Waals surface area contributed by atoms with E-state index in [0.29, 0.717) is 0 Å². The van der Waals surface area contributed by atoms with Crippen molar-refractivity contribution in [3.63, 3.8) is 0 Å². The summed E-state index contributed by atoms with van der Waals surface area (Å²) < 4.78 is 0. The van der Waals surface area contributed by atoms with Crippen molar-refractivity contribution in [1.29, 1.82) is 0 Å². The van der Waals surface area contributed by atoms with E-state index in [9.17, 15) is 0 Å². The number of rotatable bonds is 0. The maximum atomic E-state index is 3.21. The van der Waals surface area contributed by atoms with Crippen molar-refractivity contribution in [2.45, 2.75) is 27.7 Å². The first-order chi connectivity index (χ1) is 4.63. The third kappa shape index (κ3) is 4.34. The molecule has 0 N–H and O–H groups in total. The molecule has 2 heteroatoms. The van der Waals surface area contributed by atoms with Crippen LogP contribution in [0.1, 0.15) is 22.3 Å². The summed E-state index contributed by atoms with van der Waals surface area (Å²) in [7, 11) is 0.